The Morgan fingerprint density at radius 3 is 3.00 bits per heavy atom. The molecule has 0 aliphatic carbocycles. The largest absolute Gasteiger partial charge is 0.481 e. The Labute approximate surface area is 176 Å². The Balaban J connectivity index is 1.81. The number of pyridine rings is 2. The summed E-state index contributed by atoms with van der Waals surface area (Å²) in [6.45, 7) is 4.64. The number of nitrogens with zero attached hydrogens (tertiary/aromatic N) is 3. The Morgan fingerprint density at radius 2 is 2.27 bits per heavy atom. The summed E-state index contributed by atoms with van der Waals surface area (Å²) in [5, 5.41) is 2.99. The van der Waals surface area contributed by atoms with Gasteiger partial charge in [-0.05, 0) is 38.1 Å². The second kappa shape index (κ2) is 10.1. The molecule has 2 aromatic heterocycles. The van der Waals surface area contributed by atoms with Crippen molar-refractivity contribution in [2.24, 2.45) is 0 Å². The maximum absolute atomic E-state index is 12.6. The third-order valence-corrected chi connectivity index (χ3v) is 5.31. The van der Waals surface area contributed by atoms with E-state index in [0.29, 0.717) is 37.7 Å². The molecule has 2 N–H and O–H groups in total. The molecule has 8 heteroatoms. The molecule has 1 unspecified atom stereocenters. The fourth-order valence-electron chi connectivity index (χ4n) is 3.76. The molecular formula is C22H29N5O3. The zero-order valence-corrected chi connectivity index (χ0v) is 17.7. The zero-order chi connectivity index (χ0) is 21.5. The van der Waals surface area contributed by atoms with Crippen molar-refractivity contribution in [3.63, 3.8) is 0 Å². The van der Waals surface area contributed by atoms with E-state index in [4.69, 9.17) is 4.74 Å². The normalized spacial score (nSPS) is 16.2. The van der Waals surface area contributed by atoms with Gasteiger partial charge in [0.25, 0.3) is 5.56 Å². The van der Waals surface area contributed by atoms with Crippen LogP contribution in [0.2, 0.25) is 0 Å². The summed E-state index contributed by atoms with van der Waals surface area (Å²) in [4.78, 5) is 35.9. The summed E-state index contributed by atoms with van der Waals surface area (Å²) >= 11 is 0. The van der Waals surface area contributed by atoms with Gasteiger partial charge in [-0.25, -0.2) is 4.98 Å². The number of likely N-dealkylation sites (N-methyl/N-ethyl adjacent to an activating group) is 2. The molecule has 1 atom stereocenters. The number of methoxy groups -OCH3 is 1. The molecule has 3 rings (SSSR count). The van der Waals surface area contributed by atoms with Crippen molar-refractivity contribution in [3.8, 4) is 17.0 Å². The van der Waals surface area contributed by atoms with Crippen molar-refractivity contribution in [1.82, 2.24) is 20.2 Å². The number of carbonyl (C=O) groups excluding carboxylic acids is 1. The van der Waals surface area contributed by atoms with Crippen molar-refractivity contribution in [2.45, 2.75) is 19.4 Å². The molecule has 1 aliphatic heterocycles. The summed E-state index contributed by atoms with van der Waals surface area (Å²) in [6, 6.07) is 5.71. The molecule has 1 amide bonds. The lowest BCUT2D eigenvalue weighted by atomic mass is 10.1. The first-order valence-corrected chi connectivity index (χ1v) is 10.2. The SMILES string of the molecule is CCN(c1cc(-c2ccnc(OC)c2)c[nH]c1=O)C1CCN(C(=O)/C=C/CNC)C1. The fraction of sp³-hybridized carbons (Fsp3) is 0.409. The van der Waals surface area contributed by atoms with Crippen molar-refractivity contribution >= 4 is 11.6 Å². The van der Waals surface area contributed by atoms with Gasteiger partial charge in [-0.15, -0.1) is 0 Å². The van der Waals surface area contributed by atoms with Crippen LogP contribution in [0.3, 0.4) is 0 Å². The molecular weight excluding hydrogens is 382 g/mol. The zero-order valence-electron chi connectivity index (χ0n) is 17.7. The third-order valence-electron chi connectivity index (χ3n) is 5.31. The number of carbonyl (C=O) groups is 1. The number of rotatable bonds is 8. The molecule has 2 aromatic rings. The van der Waals surface area contributed by atoms with Crippen molar-refractivity contribution in [1.29, 1.82) is 0 Å². The molecule has 0 aromatic carbocycles. The highest BCUT2D eigenvalue weighted by Crippen LogP contribution is 2.26. The lowest BCUT2D eigenvalue weighted by Crippen LogP contribution is -2.41. The lowest BCUT2D eigenvalue weighted by Gasteiger charge is -2.29. The van der Waals surface area contributed by atoms with E-state index in [-0.39, 0.29) is 17.5 Å². The van der Waals surface area contributed by atoms with Gasteiger partial charge < -0.3 is 24.8 Å². The molecule has 8 nitrogen and oxygen atoms in total. The summed E-state index contributed by atoms with van der Waals surface area (Å²) in [5.41, 5.74) is 2.26. The molecule has 0 radical (unpaired) electrons. The van der Waals surface area contributed by atoms with Gasteiger partial charge in [0.15, 0.2) is 0 Å². The average Bonchev–Trinajstić information content (AvgIpc) is 3.25. The molecule has 1 fully saturated rings. The lowest BCUT2D eigenvalue weighted by molar-refractivity contribution is -0.125. The van der Waals surface area contributed by atoms with Crippen molar-refractivity contribution in [3.05, 3.63) is 53.1 Å². The number of aromatic amines is 1. The van der Waals surface area contributed by atoms with E-state index in [1.165, 1.54) is 0 Å². The van der Waals surface area contributed by atoms with Gasteiger partial charge in [0, 0.05) is 62.3 Å². The van der Waals surface area contributed by atoms with E-state index < -0.39 is 0 Å². The number of likely N-dealkylation sites (tertiary alicyclic amines) is 1. The summed E-state index contributed by atoms with van der Waals surface area (Å²) in [7, 11) is 3.41. The van der Waals surface area contributed by atoms with Crippen molar-refractivity contribution in [2.75, 3.05) is 45.2 Å². The molecule has 0 saturated carbocycles. The predicted molar refractivity (Wildman–Crippen MR) is 118 cm³/mol. The van der Waals surface area contributed by atoms with Crippen LogP contribution in [-0.4, -0.2) is 67.2 Å². The van der Waals surface area contributed by atoms with Gasteiger partial charge in [0.1, 0.15) is 5.69 Å². The second-order valence-electron chi connectivity index (χ2n) is 7.16. The van der Waals surface area contributed by atoms with Crippen molar-refractivity contribution < 1.29 is 9.53 Å². The first-order chi connectivity index (χ1) is 14.6. The Morgan fingerprint density at radius 1 is 1.43 bits per heavy atom. The van der Waals surface area contributed by atoms with Gasteiger partial charge in [-0.1, -0.05) is 6.08 Å². The van der Waals surface area contributed by atoms with Crippen LogP contribution in [0.4, 0.5) is 5.69 Å². The topological polar surface area (TPSA) is 90.6 Å². The monoisotopic (exact) mass is 411 g/mol. The number of H-pyrrole nitrogens is 1. The number of anilines is 1. The fourth-order valence-corrected chi connectivity index (χ4v) is 3.76. The molecule has 3 heterocycles. The number of aromatic nitrogens is 2. The van der Waals surface area contributed by atoms with Crippen LogP contribution in [0.25, 0.3) is 11.1 Å². The van der Waals surface area contributed by atoms with E-state index >= 15 is 0 Å². The van der Waals surface area contributed by atoms with E-state index in [9.17, 15) is 9.59 Å². The van der Waals surface area contributed by atoms with E-state index in [1.54, 1.807) is 25.6 Å². The summed E-state index contributed by atoms with van der Waals surface area (Å²) in [5.74, 6) is 0.527. The Hall–Kier alpha value is -3.13. The first kappa shape index (κ1) is 21.6. The minimum atomic E-state index is -0.139. The van der Waals surface area contributed by atoms with Crippen LogP contribution in [0, 0.1) is 0 Å². The molecule has 30 heavy (non-hydrogen) atoms. The van der Waals surface area contributed by atoms with Crippen LogP contribution < -0.4 is 20.5 Å². The Bertz CT molecular complexity index is 956. The van der Waals surface area contributed by atoms with E-state index in [1.807, 2.05) is 43.1 Å². The van der Waals surface area contributed by atoms with Gasteiger partial charge in [-0.3, -0.25) is 9.59 Å². The maximum Gasteiger partial charge on any atom is 0.271 e. The molecule has 0 spiro atoms. The van der Waals surface area contributed by atoms with Gasteiger partial charge in [0.2, 0.25) is 11.8 Å². The number of ether oxygens (including phenoxy) is 1. The van der Waals surface area contributed by atoms with Crippen LogP contribution in [-0.2, 0) is 4.79 Å². The predicted octanol–water partition coefficient (Wildman–Crippen LogP) is 1.65. The highest BCUT2D eigenvalue weighted by atomic mass is 16.5. The number of nitrogens with one attached hydrogen (secondary N) is 2. The maximum atomic E-state index is 12.6. The summed E-state index contributed by atoms with van der Waals surface area (Å²) < 4.78 is 5.21. The highest BCUT2D eigenvalue weighted by molar-refractivity contribution is 5.88. The summed E-state index contributed by atoms with van der Waals surface area (Å²) in [6.07, 6.45) is 7.64. The smallest absolute Gasteiger partial charge is 0.271 e. The second-order valence-corrected chi connectivity index (χ2v) is 7.16. The highest BCUT2D eigenvalue weighted by Gasteiger charge is 2.30. The van der Waals surface area contributed by atoms with Crippen LogP contribution in [0.5, 0.6) is 5.88 Å². The molecule has 160 valence electrons. The molecule has 0 bridgehead atoms. The number of hydrogen-bond donors (Lipinski definition) is 2. The van der Waals surface area contributed by atoms with Gasteiger partial charge in [0.05, 0.1) is 7.11 Å². The van der Waals surface area contributed by atoms with E-state index in [2.05, 4.69) is 20.2 Å². The van der Waals surface area contributed by atoms with Gasteiger partial charge in [-0.2, -0.15) is 0 Å². The number of amides is 1. The Kier molecular flexibility index (Phi) is 7.24. The van der Waals surface area contributed by atoms with E-state index in [0.717, 1.165) is 17.5 Å². The van der Waals surface area contributed by atoms with Crippen LogP contribution in [0.15, 0.2) is 47.5 Å². The van der Waals surface area contributed by atoms with Crippen LogP contribution >= 0.6 is 0 Å². The quantitative estimate of drug-likeness (QED) is 0.642. The average molecular weight is 412 g/mol. The first-order valence-electron chi connectivity index (χ1n) is 10.2. The minimum absolute atomic E-state index is 0.00958. The number of hydrogen-bond acceptors (Lipinski definition) is 6. The van der Waals surface area contributed by atoms with Crippen LogP contribution in [0.1, 0.15) is 13.3 Å². The standard InChI is InChI=1S/C22H29N5O3/c1-4-27(18-8-11-26(15-18)21(28)6-5-9-23-2)19-12-17(14-25-22(19)29)16-7-10-24-20(13-16)30-3/h5-7,10,12-14,18,23H,4,8-9,11,15H2,1-3H3,(H,25,29)/b6-5+. The minimum Gasteiger partial charge on any atom is -0.481 e. The third kappa shape index (κ3) is 4.88. The molecule has 1 aliphatic rings. The molecule has 1 saturated heterocycles. The van der Waals surface area contributed by atoms with Gasteiger partial charge >= 0.3 is 0 Å².